The first-order chi connectivity index (χ1) is 49.6. The minimum Gasteiger partial charge on any atom is -0.462 e. The van der Waals surface area contributed by atoms with Gasteiger partial charge < -0.3 is 33.8 Å². The van der Waals surface area contributed by atoms with Gasteiger partial charge in [0.25, 0.3) is 0 Å². The van der Waals surface area contributed by atoms with E-state index in [1.165, 1.54) is 231 Å². The molecule has 0 radical (unpaired) electrons. The summed E-state index contributed by atoms with van der Waals surface area (Å²) in [4.78, 5) is 73.1. The Balaban J connectivity index is 5.18. The molecule has 0 aromatic rings. The van der Waals surface area contributed by atoms with Gasteiger partial charge in [-0.3, -0.25) is 37.3 Å². The minimum atomic E-state index is -4.96. The van der Waals surface area contributed by atoms with Crippen LogP contribution in [0, 0.1) is 23.7 Å². The molecule has 3 unspecified atom stereocenters. The van der Waals surface area contributed by atoms with E-state index in [-0.39, 0.29) is 25.7 Å². The Morgan fingerprint density at radius 3 is 0.689 bits per heavy atom. The second-order valence-electron chi connectivity index (χ2n) is 31.9. The highest BCUT2D eigenvalue weighted by atomic mass is 31.2. The first-order valence-electron chi connectivity index (χ1n) is 43.2. The number of phosphoric acid groups is 2. The molecule has 0 heterocycles. The number of rotatable bonds is 81. The number of hydrogen-bond donors (Lipinski definition) is 3. The number of esters is 4. The van der Waals surface area contributed by atoms with Gasteiger partial charge in [-0.25, -0.2) is 9.13 Å². The smallest absolute Gasteiger partial charge is 0.462 e. The molecule has 0 aromatic heterocycles. The molecule has 0 saturated heterocycles. The van der Waals surface area contributed by atoms with Crippen molar-refractivity contribution in [3.05, 3.63) is 0 Å². The van der Waals surface area contributed by atoms with E-state index in [9.17, 15) is 43.2 Å². The van der Waals surface area contributed by atoms with Crippen LogP contribution in [0.25, 0.3) is 0 Å². The van der Waals surface area contributed by atoms with Crippen molar-refractivity contribution in [2.75, 3.05) is 39.6 Å². The number of aliphatic hydroxyl groups excluding tert-OH is 1. The molecule has 0 aliphatic heterocycles. The van der Waals surface area contributed by atoms with E-state index in [0.29, 0.717) is 25.7 Å². The molecule has 19 heteroatoms. The van der Waals surface area contributed by atoms with Crippen LogP contribution in [-0.4, -0.2) is 96.7 Å². The van der Waals surface area contributed by atoms with Gasteiger partial charge in [-0.1, -0.05) is 383 Å². The summed E-state index contributed by atoms with van der Waals surface area (Å²) < 4.78 is 68.8. The Hall–Kier alpha value is -1.94. The molecule has 612 valence electrons. The Kier molecular flexibility index (Phi) is 71.5. The molecule has 6 atom stereocenters. The van der Waals surface area contributed by atoms with Crippen LogP contribution in [0.5, 0.6) is 0 Å². The normalized spacial score (nSPS) is 14.2. The molecule has 0 bridgehead atoms. The summed E-state index contributed by atoms with van der Waals surface area (Å²) in [5, 5.41) is 10.7. The summed E-state index contributed by atoms with van der Waals surface area (Å²) in [6.07, 6.45) is 61.2. The van der Waals surface area contributed by atoms with Crippen LogP contribution >= 0.6 is 15.6 Å². The Morgan fingerprint density at radius 2 is 0.466 bits per heavy atom. The van der Waals surface area contributed by atoms with Crippen LogP contribution in [0.2, 0.25) is 0 Å². The molecule has 0 aliphatic carbocycles. The van der Waals surface area contributed by atoms with E-state index < -0.39 is 97.5 Å². The second kappa shape index (κ2) is 72.9. The quantitative estimate of drug-likeness (QED) is 0.0222. The lowest BCUT2D eigenvalue weighted by Gasteiger charge is -2.21. The number of aliphatic hydroxyl groups is 1. The van der Waals surface area contributed by atoms with Crippen LogP contribution in [0.1, 0.15) is 434 Å². The van der Waals surface area contributed by atoms with Gasteiger partial charge in [-0.05, 0) is 49.4 Å². The maximum Gasteiger partial charge on any atom is 0.472 e. The molecule has 0 spiro atoms. The van der Waals surface area contributed by atoms with Crippen LogP contribution in [0.15, 0.2) is 0 Å². The monoisotopic (exact) mass is 1510 g/mol. The SMILES string of the molecule is CCC(C)CCCCCCCCC(=O)OC[C@H](COP(=O)(O)OC[C@H](O)COP(=O)(O)OC[C@@H](COC(=O)CCCCCCCCCCCCCCCCCCC(C)C)OC(=O)CCCCCCCCCCCCC(C)C)OC(=O)CCCCCCCCCCCCCCCCCCCCC(C)C. The lowest BCUT2D eigenvalue weighted by atomic mass is 10.00. The fraction of sp³-hybridized carbons (Fsp3) is 0.952. The van der Waals surface area contributed by atoms with E-state index in [0.717, 1.165) is 120 Å². The first kappa shape index (κ1) is 101. The first-order valence-corrected chi connectivity index (χ1v) is 46.2. The van der Waals surface area contributed by atoms with E-state index in [2.05, 4.69) is 55.4 Å². The zero-order chi connectivity index (χ0) is 76.0. The van der Waals surface area contributed by atoms with Gasteiger partial charge in [0.05, 0.1) is 26.4 Å². The fourth-order valence-corrected chi connectivity index (χ4v) is 14.5. The molecule has 0 rings (SSSR count). The van der Waals surface area contributed by atoms with Crippen LogP contribution in [0.4, 0.5) is 0 Å². The molecule has 0 aliphatic rings. The summed E-state index contributed by atoms with van der Waals surface area (Å²) in [5.41, 5.74) is 0. The zero-order valence-electron chi connectivity index (χ0n) is 68.0. The van der Waals surface area contributed by atoms with Crippen molar-refractivity contribution in [3.63, 3.8) is 0 Å². The predicted octanol–water partition coefficient (Wildman–Crippen LogP) is 25.2. The number of ether oxygens (including phenoxy) is 4. The van der Waals surface area contributed by atoms with Crippen molar-refractivity contribution < 1.29 is 80.2 Å². The summed E-state index contributed by atoms with van der Waals surface area (Å²) in [7, 11) is -9.93. The van der Waals surface area contributed by atoms with Crippen molar-refractivity contribution in [1.29, 1.82) is 0 Å². The van der Waals surface area contributed by atoms with E-state index >= 15 is 0 Å². The Morgan fingerprint density at radius 1 is 0.272 bits per heavy atom. The van der Waals surface area contributed by atoms with Gasteiger partial charge in [0.1, 0.15) is 19.3 Å². The molecular weight excluding hydrogens is 1340 g/mol. The van der Waals surface area contributed by atoms with Crippen molar-refractivity contribution in [2.45, 2.75) is 453 Å². The Labute approximate surface area is 632 Å². The summed E-state index contributed by atoms with van der Waals surface area (Å²) in [5.74, 6) is 1.00. The van der Waals surface area contributed by atoms with Crippen molar-refractivity contribution >= 4 is 39.5 Å². The third kappa shape index (κ3) is 76.6. The van der Waals surface area contributed by atoms with Gasteiger partial charge in [0, 0.05) is 25.7 Å². The third-order valence-electron chi connectivity index (χ3n) is 19.9. The highest BCUT2D eigenvalue weighted by Crippen LogP contribution is 2.45. The average molecular weight is 1510 g/mol. The molecule has 3 N–H and O–H groups in total. The van der Waals surface area contributed by atoms with Gasteiger partial charge in [-0.15, -0.1) is 0 Å². The zero-order valence-corrected chi connectivity index (χ0v) is 69.7. The third-order valence-corrected chi connectivity index (χ3v) is 21.8. The molecule has 0 saturated carbocycles. The van der Waals surface area contributed by atoms with Crippen molar-refractivity contribution in [1.82, 2.24) is 0 Å². The fourth-order valence-electron chi connectivity index (χ4n) is 12.9. The molecule has 103 heavy (non-hydrogen) atoms. The highest BCUT2D eigenvalue weighted by molar-refractivity contribution is 7.47. The number of unbranched alkanes of at least 4 members (excludes halogenated alkanes) is 46. The lowest BCUT2D eigenvalue weighted by Crippen LogP contribution is -2.30. The van der Waals surface area contributed by atoms with Gasteiger partial charge in [-0.2, -0.15) is 0 Å². The van der Waals surface area contributed by atoms with E-state index in [1.54, 1.807) is 0 Å². The average Bonchev–Trinajstić information content (AvgIpc) is 0.912. The van der Waals surface area contributed by atoms with Crippen LogP contribution < -0.4 is 0 Å². The van der Waals surface area contributed by atoms with Crippen LogP contribution in [0.3, 0.4) is 0 Å². The number of carbonyl (C=O) groups is 4. The number of phosphoric ester groups is 2. The molecule has 0 aromatic carbocycles. The number of hydrogen-bond acceptors (Lipinski definition) is 15. The molecule has 0 amide bonds. The summed E-state index contributed by atoms with van der Waals surface area (Å²) >= 11 is 0. The standard InChI is InChI=1S/C84H164O17P2/c1-9-77(8)63-55-47-42-43-49-57-65-82(87)95-71-80(101-83(88)66-58-50-40-34-27-23-19-13-11-10-12-16-20-24-30-36-44-52-60-74(2)3)73-99-103(92,93)97-69-78(85)68-96-102(90,91)98-72-79(100-84(89)67-59-51-41-35-29-28-32-38-46-54-62-76(6)7)70-94-81(86)64-56-48-39-33-26-22-18-15-14-17-21-25-31-37-45-53-61-75(4)5/h74-80,85H,9-73H2,1-8H3,(H,90,91)(H,92,93)/t77?,78-,79-,80-/m1/s1. The molecular formula is C84H164O17P2. The molecule has 17 nitrogen and oxygen atoms in total. The van der Waals surface area contributed by atoms with Crippen molar-refractivity contribution in [2.24, 2.45) is 23.7 Å². The topological polar surface area (TPSA) is 237 Å². The van der Waals surface area contributed by atoms with Gasteiger partial charge in [0.15, 0.2) is 12.2 Å². The van der Waals surface area contributed by atoms with Crippen LogP contribution in [-0.2, 0) is 65.4 Å². The number of carbonyl (C=O) groups excluding carboxylic acids is 4. The van der Waals surface area contributed by atoms with E-state index in [4.69, 9.17) is 37.0 Å². The van der Waals surface area contributed by atoms with Gasteiger partial charge >= 0.3 is 39.5 Å². The summed E-state index contributed by atoms with van der Waals surface area (Å²) in [6, 6.07) is 0. The Bertz CT molecular complexity index is 2010. The maximum absolute atomic E-state index is 13.1. The highest BCUT2D eigenvalue weighted by Gasteiger charge is 2.30. The largest absolute Gasteiger partial charge is 0.472 e. The van der Waals surface area contributed by atoms with Crippen molar-refractivity contribution in [3.8, 4) is 0 Å². The maximum atomic E-state index is 13.1. The summed E-state index contributed by atoms with van der Waals surface area (Å²) in [6.45, 7) is 14.3. The predicted molar refractivity (Wildman–Crippen MR) is 423 cm³/mol. The minimum absolute atomic E-state index is 0.106. The van der Waals surface area contributed by atoms with E-state index in [1.807, 2.05) is 0 Å². The lowest BCUT2D eigenvalue weighted by molar-refractivity contribution is -0.161. The van der Waals surface area contributed by atoms with Gasteiger partial charge in [0.2, 0.25) is 0 Å². The second-order valence-corrected chi connectivity index (χ2v) is 34.8. The molecule has 0 fully saturated rings.